The first-order chi connectivity index (χ1) is 3.91. The first-order valence-corrected chi connectivity index (χ1v) is 6.23. The second kappa shape index (κ2) is 7.99. The molecule has 0 bridgehead atoms. The van der Waals surface area contributed by atoms with Crippen LogP contribution < -0.4 is 0 Å². The van der Waals surface area contributed by atoms with Gasteiger partial charge in [-0.3, -0.25) is 0 Å². The maximum absolute atomic E-state index is 2.28. The van der Waals surface area contributed by atoms with Gasteiger partial charge in [0.05, 0.1) is 0 Å². The van der Waals surface area contributed by atoms with Crippen molar-refractivity contribution in [3.8, 4) is 0 Å². The second-order valence-electron chi connectivity index (χ2n) is 1.49. The monoisotopic (exact) mass is 290 g/mol. The summed E-state index contributed by atoms with van der Waals surface area (Å²) in [5.74, 6) is 0. The van der Waals surface area contributed by atoms with Crippen molar-refractivity contribution in [3.63, 3.8) is 0 Å². The van der Waals surface area contributed by atoms with Gasteiger partial charge < -0.3 is 0 Å². The van der Waals surface area contributed by atoms with Crippen molar-refractivity contribution in [1.29, 1.82) is 0 Å². The fourth-order valence-electron chi connectivity index (χ4n) is 0.332. The molecular formula is C6H11ISe. The first kappa shape index (κ1) is 8.99. The molecule has 0 nitrogen and oxygen atoms in total. The molecule has 0 aliphatic carbocycles. The molecule has 0 aliphatic rings. The quantitative estimate of drug-likeness (QED) is 0.424. The van der Waals surface area contributed by atoms with Crippen molar-refractivity contribution in [2.45, 2.75) is 25.1 Å². The minimum atomic E-state index is 0.789. The zero-order valence-corrected chi connectivity index (χ0v) is 8.93. The molecule has 0 aromatic heterocycles. The topological polar surface area (TPSA) is 0 Å². The summed E-state index contributed by atoms with van der Waals surface area (Å²) in [5.41, 5.74) is 0. The van der Waals surface area contributed by atoms with E-state index in [4.69, 9.17) is 0 Å². The van der Waals surface area contributed by atoms with Gasteiger partial charge in [0, 0.05) is 0 Å². The summed E-state index contributed by atoms with van der Waals surface area (Å²) >= 11 is 3.06. The van der Waals surface area contributed by atoms with Gasteiger partial charge in [-0.25, -0.2) is 0 Å². The van der Waals surface area contributed by atoms with E-state index in [9.17, 15) is 0 Å². The fraction of sp³-hybridized carbons (Fsp3) is 0.667. The van der Waals surface area contributed by atoms with Crippen molar-refractivity contribution < 1.29 is 0 Å². The average molecular weight is 289 g/mol. The molecule has 0 spiro atoms. The van der Waals surface area contributed by atoms with Crippen LogP contribution in [0, 0.1) is 0 Å². The van der Waals surface area contributed by atoms with Crippen LogP contribution in [0.2, 0.25) is 5.32 Å². The molecule has 0 amide bonds. The Hall–Kier alpha value is 0.989. The second-order valence-corrected chi connectivity index (χ2v) is 4.33. The summed E-state index contributed by atoms with van der Waals surface area (Å²) in [4.78, 5) is 2.28. The van der Waals surface area contributed by atoms with Gasteiger partial charge in [0.15, 0.2) is 0 Å². The van der Waals surface area contributed by atoms with Gasteiger partial charge in [0.1, 0.15) is 0 Å². The van der Waals surface area contributed by atoms with Crippen molar-refractivity contribution in [3.05, 3.63) is 9.06 Å². The molecule has 8 heavy (non-hydrogen) atoms. The fourth-order valence-corrected chi connectivity index (χ4v) is 2.80. The molecule has 0 saturated heterocycles. The summed E-state index contributed by atoms with van der Waals surface area (Å²) in [6.45, 7) is 2.24. The predicted octanol–water partition coefficient (Wildman–Crippen LogP) is 2.82. The Morgan fingerprint density at radius 2 is 2.38 bits per heavy atom. The van der Waals surface area contributed by atoms with Gasteiger partial charge in [-0.05, 0) is 0 Å². The molecule has 0 aromatic rings. The molecule has 0 heterocycles. The Morgan fingerprint density at radius 3 is 2.88 bits per heavy atom. The summed E-state index contributed by atoms with van der Waals surface area (Å²) in [5, 5.41) is 1.42. The van der Waals surface area contributed by atoms with Crippen molar-refractivity contribution in [1.82, 2.24) is 0 Å². The van der Waals surface area contributed by atoms with E-state index in [-0.39, 0.29) is 0 Å². The van der Waals surface area contributed by atoms with Crippen molar-refractivity contribution >= 4 is 37.5 Å². The molecule has 0 aliphatic heterocycles. The van der Waals surface area contributed by atoms with Crippen LogP contribution in [0.4, 0.5) is 0 Å². The van der Waals surface area contributed by atoms with E-state index < -0.39 is 0 Å². The summed E-state index contributed by atoms with van der Waals surface area (Å²) in [7, 11) is 0. The zero-order chi connectivity index (χ0) is 6.24. The third-order valence-electron chi connectivity index (χ3n) is 0.763. The van der Waals surface area contributed by atoms with Gasteiger partial charge in [-0.1, -0.05) is 0 Å². The molecule has 0 aromatic carbocycles. The number of rotatable bonds is 4. The first-order valence-electron chi connectivity index (χ1n) is 2.78. The molecule has 0 fully saturated rings. The summed E-state index contributed by atoms with van der Waals surface area (Å²) < 4.78 is 2.12. The Labute approximate surface area is 71.4 Å². The van der Waals surface area contributed by atoms with Crippen molar-refractivity contribution in [2.75, 3.05) is 0 Å². The van der Waals surface area contributed by atoms with Crippen LogP contribution >= 0.6 is 22.6 Å². The van der Waals surface area contributed by atoms with Gasteiger partial charge in [0.2, 0.25) is 0 Å². The van der Waals surface area contributed by atoms with E-state index in [1.807, 2.05) is 0 Å². The van der Waals surface area contributed by atoms with Crippen molar-refractivity contribution in [2.24, 2.45) is 0 Å². The zero-order valence-electron chi connectivity index (χ0n) is 5.06. The molecular weight excluding hydrogens is 278 g/mol. The predicted molar refractivity (Wildman–Crippen MR) is 48.6 cm³/mol. The van der Waals surface area contributed by atoms with Gasteiger partial charge in [-0.2, -0.15) is 0 Å². The van der Waals surface area contributed by atoms with E-state index in [1.165, 1.54) is 18.2 Å². The molecule has 0 N–H and O–H groups in total. The van der Waals surface area contributed by atoms with E-state index >= 15 is 0 Å². The van der Waals surface area contributed by atoms with Crippen LogP contribution in [-0.2, 0) is 0 Å². The van der Waals surface area contributed by atoms with E-state index in [0.29, 0.717) is 0 Å². The van der Waals surface area contributed by atoms with Crippen LogP contribution in [0.5, 0.6) is 0 Å². The van der Waals surface area contributed by atoms with Crippen LogP contribution in [0.1, 0.15) is 19.8 Å². The van der Waals surface area contributed by atoms with Gasteiger partial charge >= 0.3 is 71.7 Å². The number of halogens is 1. The van der Waals surface area contributed by atoms with Crippen LogP contribution in [0.3, 0.4) is 0 Å². The molecule has 0 rings (SSSR count). The summed E-state index contributed by atoms with van der Waals surface area (Å²) in [6, 6.07) is 0. The number of unbranched alkanes of at least 4 members (excludes halogenated alkanes) is 1. The van der Waals surface area contributed by atoms with Crippen LogP contribution in [-0.4, -0.2) is 15.0 Å². The van der Waals surface area contributed by atoms with E-state index in [1.54, 1.807) is 0 Å². The Bertz CT molecular complexity index is 61.5. The number of hydrogen-bond donors (Lipinski definition) is 0. The Morgan fingerprint density at radius 1 is 1.62 bits per heavy atom. The normalized spacial score (nSPS) is 10.8. The number of hydrogen-bond acceptors (Lipinski definition) is 0. The van der Waals surface area contributed by atoms with Gasteiger partial charge in [-0.15, -0.1) is 0 Å². The molecule has 0 atom stereocenters. The van der Waals surface area contributed by atoms with E-state index in [0.717, 1.165) is 15.0 Å². The molecule has 0 saturated carbocycles. The molecule has 2 heteroatoms. The standard InChI is InChI=1S/C6H11ISe/c1-2-3-5-8-6-4-7/h4,6H,2-3,5H2,1H3/b6-4+. The third-order valence-corrected chi connectivity index (χ3v) is 4.01. The van der Waals surface area contributed by atoms with Crippen LogP contribution in [0.25, 0.3) is 0 Å². The summed E-state index contributed by atoms with van der Waals surface area (Å²) in [6.07, 6.45) is 2.75. The minimum absolute atomic E-state index is 0.789. The Kier molecular flexibility index (Phi) is 8.98. The average Bonchev–Trinajstić information content (AvgIpc) is 1.81. The third kappa shape index (κ3) is 6.99. The van der Waals surface area contributed by atoms with Crippen LogP contribution in [0.15, 0.2) is 9.06 Å². The molecule has 48 valence electrons. The Balaban J connectivity index is 2.72. The maximum atomic E-state index is 2.28. The van der Waals surface area contributed by atoms with E-state index in [2.05, 4.69) is 38.6 Å². The molecule has 0 radical (unpaired) electrons. The van der Waals surface area contributed by atoms with Gasteiger partial charge in [0.25, 0.3) is 0 Å². The molecule has 0 unspecified atom stereocenters. The SMILES string of the molecule is CCCC[Se]/C=C/I.